The summed E-state index contributed by atoms with van der Waals surface area (Å²) >= 11 is 0. The Labute approximate surface area is 113 Å². The quantitative estimate of drug-likeness (QED) is 0.763. The summed E-state index contributed by atoms with van der Waals surface area (Å²) in [6, 6.07) is 3.31. The van der Waals surface area contributed by atoms with Gasteiger partial charge in [0.25, 0.3) is 0 Å². The van der Waals surface area contributed by atoms with E-state index in [1.54, 1.807) is 32.9 Å². The molecule has 0 saturated heterocycles. The number of amides is 1. The van der Waals surface area contributed by atoms with E-state index in [2.05, 4.69) is 0 Å². The summed E-state index contributed by atoms with van der Waals surface area (Å²) in [6.45, 7) is 4.81. The van der Waals surface area contributed by atoms with Gasteiger partial charge in [0.15, 0.2) is 0 Å². The van der Waals surface area contributed by atoms with Crippen molar-refractivity contribution >= 4 is 21.6 Å². The fraction of sp³-hybridized carbons (Fsp3) is 0.417. The van der Waals surface area contributed by atoms with Gasteiger partial charge in [0.1, 0.15) is 0 Å². The highest BCUT2D eigenvalue weighted by molar-refractivity contribution is 7.89. The van der Waals surface area contributed by atoms with Gasteiger partial charge in [-0.05, 0) is 31.0 Å². The predicted octanol–water partition coefficient (Wildman–Crippen LogP) is 0.382. The van der Waals surface area contributed by atoms with E-state index in [0.29, 0.717) is 16.8 Å². The maximum absolute atomic E-state index is 12.6. The molecular formula is C12H19N3O3S. The number of benzene rings is 1. The van der Waals surface area contributed by atoms with Crippen molar-refractivity contribution in [3.8, 4) is 0 Å². The third-order valence-electron chi connectivity index (χ3n) is 2.93. The van der Waals surface area contributed by atoms with Crippen molar-refractivity contribution in [1.82, 2.24) is 4.31 Å². The lowest BCUT2D eigenvalue weighted by Gasteiger charge is -2.22. The number of anilines is 1. The Morgan fingerprint density at radius 1 is 1.32 bits per heavy atom. The van der Waals surface area contributed by atoms with Crippen LogP contribution in [0.4, 0.5) is 5.69 Å². The molecule has 19 heavy (non-hydrogen) atoms. The van der Waals surface area contributed by atoms with Crippen LogP contribution in [0.25, 0.3) is 0 Å². The average molecular weight is 285 g/mol. The van der Waals surface area contributed by atoms with Gasteiger partial charge in [-0.1, -0.05) is 13.0 Å². The number of nitrogens with two attached hydrogens (primary N) is 2. The lowest BCUT2D eigenvalue weighted by molar-refractivity contribution is -0.118. The summed E-state index contributed by atoms with van der Waals surface area (Å²) < 4.78 is 26.2. The molecule has 106 valence electrons. The molecule has 6 nitrogen and oxygen atoms in total. The summed E-state index contributed by atoms with van der Waals surface area (Å²) in [5.74, 6) is -0.690. The van der Waals surface area contributed by atoms with Gasteiger partial charge < -0.3 is 11.5 Å². The number of hydrogen-bond acceptors (Lipinski definition) is 4. The normalized spacial score (nSPS) is 11.8. The van der Waals surface area contributed by atoms with Gasteiger partial charge in [-0.15, -0.1) is 0 Å². The van der Waals surface area contributed by atoms with E-state index in [0.717, 1.165) is 4.31 Å². The van der Waals surface area contributed by atoms with Gasteiger partial charge in [0, 0.05) is 12.2 Å². The molecule has 1 rings (SSSR count). The highest BCUT2D eigenvalue weighted by atomic mass is 32.2. The molecule has 4 N–H and O–H groups in total. The minimum atomic E-state index is -3.78. The van der Waals surface area contributed by atoms with Crippen molar-refractivity contribution in [3.05, 3.63) is 23.3 Å². The maximum Gasteiger partial charge on any atom is 0.244 e. The molecule has 0 saturated carbocycles. The van der Waals surface area contributed by atoms with Gasteiger partial charge in [-0.2, -0.15) is 4.31 Å². The van der Waals surface area contributed by atoms with E-state index in [4.69, 9.17) is 11.5 Å². The molecule has 1 amide bonds. The molecular weight excluding hydrogens is 266 g/mol. The predicted molar refractivity (Wildman–Crippen MR) is 74.0 cm³/mol. The molecule has 0 bridgehead atoms. The van der Waals surface area contributed by atoms with Crippen LogP contribution in [0.1, 0.15) is 18.1 Å². The van der Waals surface area contributed by atoms with E-state index in [1.807, 2.05) is 0 Å². The molecule has 0 heterocycles. The van der Waals surface area contributed by atoms with Gasteiger partial charge in [0.2, 0.25) is 15.9 Å². The zero-order valence-corrected chi connectivity index (χ0v) is 12.1. The van der Waals surface area contributed by atoms with Crippen molar-refractivity contribution in [2.24, 2.45) is 5.73 Å². The molecule has 7 heteroatoms. The van der Waals surface area contributed by atoms with Gasteiger partial charge in [-0.25, -0.2) is 8.42 Å². The Morgan fingerprint density at radius 2 is 1.89 bits per heavy atom. The average Bonchev–Trinajstić information content (AvgIpc) is 2.30. The Morgan fingerprint density at radius 3 is 2.37 bits per heavy atom. The van der Waals surface area contributed by atoms with E-state index in [-0.39, 0.29) is 18.0 Å². The van der Waals surface area contributed by atoms with Crippen molar-refractivity contribution in [1.29, 1.82) is 0 Å². The Balaban J connectivity index is 3.42. The third kappa shape index (κ3) is 3.05. The number of rotatable bonds is 5. The lowest BCUT2D eigenvalue weighted by Crippen LogP contribution is -2.38. The fourth-order valence-corrected chi connectivity index (χ4v) is 3.78. The Kier molecular flexibility index (Phi) is 4.54. The molecule has 0 aromatic heterocycles. The van der Waals surface area contributed by atoms with Gasteiger partial charge in [0.05, 0.1) is 11.4 Å². The number of primary amides is 1. The second-order valence-electron chi connectivity index (χ2n) is 4.32. The fourth-order valence-electron chi connectivity index (χ4n) is 1.91. The molecule has 1 aromatic rings. The van der Waals surface area contributed by atoms with Crippen LogP contribution in [0.15, 0.2) is 17.0 Å². The first-order chi connectivity index (χ1) is 8.71. The molecule has 0 radical (unpaired) electrons. The molecule has 0 fully saturated rings. The van der Waals surface area contributed by atoms with Crippen molar-refractivity contribution in [2.45, 2.75) is 25.7 Å². The van der Waals surface area contributed by atoms with Gasteiger partial charge >= 0.3 is 0 Å². The van der Waals surface area contributed by atoms with Crippen molar-refractivity contribution < 1.29 is 13.2 Å². The highest BCUT2D eigenvalue weighted by Crippen LogP contribution is 2.27. The molecule has 0 spiro atoms. The van der Waals surface area contributed by atoms with E-state index < -0.39 is 15.9 Å². The minimum Gasteiger partial charge on any atom is -0.398 e. The van der Waals surface area contributed by atoms with Crippen LogP contribution >= 0.6 is 0 Å². The zero-order valence-electron chi connectivity index (χ0n) is 11.3. The van der Waals surface area contributed by atoms with Crippen LogP contribution in [0.2, 0.25) is 0 Å². The standard InChI is InChI=1S/C12H19N3O3S/c1-4-15(7-11(14)16)19(17,18)12-8(2)5-6-10(13)9(12)3/h5-6H,4,7,13H2,1-3H3,(H2,14,16). The van der Waals surface area contributed by atoms with Crippen LogP contribution in [0, 0.1) is 13.8 Å². The molecule has 0 unspecified atom stereocenters. The SMILES string of the molecule is CCN(CC(N)=O)S(=O)(=O)c1c(C)ccc(N)c1C. The second-order valence-corrected chi connectivity index (χ2v) is 6.20. The van der Waals surface area contributed by atoms with Crippen LogP contribution < -0.4 is 11.5 Å². The molecule has 0 aliphatic rings. The Hall–Kier alpha value is -1.60. The number of nitrogen functional groups attached to an aromatic ring is 1. The second kappa shape index (κ2) is 5.58. The topological polar surface area (TPSA) is 106 Å². The van der Waals surface area contributed by atoms with Gasteiger partial charge in [-0.3, -0.25) is 4.79 Å². The first kappa shape index (κ1) is 15.5. The largest absolute Gasteiger partial charge is 0.398 e. The molecule has 0 atom stereocenters. The number of carbonyl (C=O) groups excluding carboxylic acids is 1. The van der Waals surface area contributed by atoms with Crippen LogP contribution in [-0.4, -0.2) is 31.7 Å². The smallest absolute Gasteiger partial charge is 0.244 e. The number of hydrogen-bond donors (Lipinski definition) is 2. The van der Waals surface area contributed by atoms with Crippen LogP contribution in [-0.2, 0) is 14.8 Å². The molecule has 0 aliphatic heterocycles. The van der Waals surface area contributed by atoms with E-state index in [1.165, 1.54) is 0 Å². The van der Waals surface area contributed by atoms with E-state index >= 15 is 0 Å². The number of carbonyl (C=O) groups is 1. The highest BCUT2D eigenvalue weighted by Gasteiger charge is 2.28. The van der Waals surface area contributed by atoms with Crippen molar-refractivity contribution in [3.63, 3.8) is 0 Å². The van der Waals surface area contributed by atoms with E-state index in [9.17, 15) is 13.2 Å². The summed E-state index contributed by atoms with van der Waals surface area (Å²) in [5.41, 5.74) is 12.3. The zero-order chi connectivity index (χ0) is 14.8. The van der Waals surface area contributed by atoms with Crippen molar-refractivity contribution in [2.75, 3.05) is 18.8 Å². The Bertz CT molecular complexity index is 596. The summed E-state index contributed by atoms with van der Waals surface area (Å²) in [5, 5.41) is 0. The molecule has 1 aromatic carbocycles. The molecule has 0 aliphatic carbocycles. The minimum absolute atomic E-state index is 0.149. The number of aryl methyl sites for hydroxylation is 1. The van der Waals surface area contributed by atoms with Crippen LogP contribution in [0.3, 0.4) is 0 Å². The first-order valence-electron chi connectivity index (χ1n) is 5.86. The number of sulfonamides is 1. The first-order valence-corrected chi connectivity index (χ1v) is 7.30. The summed E-state index contributed by atoms with van der Waals surface area (Å²) in [4.78, 5) is 11.1. The maximum atomic E-state index is 12.6. The number of nitrogens with zero attached hydrogens (tertiary/aromatic N) is 1. The number of likely N-dealkylation sites (N-methyl/N-ethyl adjacent to an activating group) is 1. The van der Waals surface area contributed by atoms with Crippen LogP contribution in [0.5, 0.6) is 0 Å². The summed E-state index contributed by atoms with van der Waals surface area (Å²) in [7, 11) is -3.78. The lowest BCUT2D eigenvalue weighted by atomic mass is 10.1. The monoisotopic (exact) mass is 285 g/mol. The third-order valence-corrected chi connectivity index (χ3v) is 5.14. The summed E-state index contributed by atoms with van der Waals surface area (Å²) in [6.07, 6.45) is 0.